The monoisotopic (exact) mass is 651 g/mol. The van der Waals surface area contributed by atoms with Gasteiger partial charge in [0.1, 0.15) is 16.8 Å². The van der Waals surface area contributed by atoms with E-state index in [2.05, 4.69) is 161 Å². The van der Waals surface area contributed by atoms with Crippen LogP contribution in [-0.2, 0) is 0 Å². The molecule has 0 N–H and O–H groups in total. The molecular formula is C47H29N3O. The SMILES string of the molecule is c1cc(-c2cccc(-n3c4ccccc4c4cc(-n5c6ccccc6c6cccnc65)ccc43)c2)cc(-c2cccc3c2oc2ccccc23)c1. The number of pyridine rings is 1. The van der Waals surface area contributed by atoms with Gasteiger partial charge in [0.25, 0.3) is 0 Å². The number of benzene rings is 7. The van der Waals surface area contributed by atoms with Crippen molar-refractivity contribution in [3.8, 4) is 33.6 Å². The molecule has 0 radical (unpaired) electrons. The molecule has 0 aliphatic heterocycles. The molecule has 0 atom stereocenters. The molecule has 0 fully saturated rings. The first-order valence-corrected chi connectivity index (χ1v) is 17.3. The number of furan rings is 1. The second-order valence-corrected chi connectivity index (χ2v) is 13.2. The number of nitrogens with zero attached hydrogens (tertiary/aromatic N) is 3. The fourth-order valence-corrected chi connectivity index (χ4v) is 8.10. The summed E-state index contributed by atoms with van der Waals surface area (Å²) >= 11 is 0. The van der Waals surface area contributed by atoms with E-state index >= 15 is 0 Å². The predicted octanol–water partition coefficient (Wildman–Crippen LogP) is 12.5. The molecular weight excluding hydrogens is 623 g/mol. The summed E-state index contributed by atoms with van der Waals surface area (Å²) in [7, 11) is 0. The van der Waals surface area contributed by atoms with E-state index in [1.54, 1.807) is 0 Å². The fourth-order valence-electron chi connectivity index (χ4n) is 8.10. The van der Waals surface area contributed by atoms with Crippen LogP contribution in [0.25, 0.3) is 99.3 Å². The molecule has 0 bridgehead atoms. The van der Waals surface area contributed by atoms with Crippen LogP contribution in [0, 0.1) is 0 Å². The van der Waals surface area contributed by atoms with Gasteiger partial charge in [-0.25, -0.2) is 4.98 Å². The third-order valence-corrected chi connectivity index (χ3v) is 10.4. The van der Waals surface area contributed by atoms with Crippen molar-refractivity contribution in [3.63, 3.8) is 0 Å². The Balaban J connectivity index is 1.06. The third kappa shape index (κ3) is 4.17. The van der Waals surface area contributed by atoms with Gasteiger partial charge < -0.3 is 8.98 Å². The normalized spacial score (nSPS) is 11.9. The summed E-state index contributed by atoms with van der Waals surface area (Å²) in [6, 6.07) is 60.6. The molecule has 7 aromatic carbocycles. The van der Waals surface area contributed by atoms with E-state index in [-0.39, 0.29) is 0 Å². The summed E-state index contributed by atoms with van der Waals surface area (Å²) < 4.78 is 11.1. The zero-order valence-electron chi connectivity index (χ0n) is 27.5. The molecule has 0 unspecified atom stereocenters. The van der Waals surface area contributed by atoms with Crippen molar-refractivity contribution in [3.05, 3.63) is 176 Å². The maximum atomic E-state index is 6.40. The molecule has 4 nitrogen and oxygen atoms in total. The van der Waals surface area contributed by atoms with Gasteiger partial charge in [0.15, 0.2) is 0 Å². The number of fused-ring (bicyclic) bond motifs is 9. The standard InChI is InChI=1S/C47H29N3O/c1-5-22-43-36(15-1)40-20-10-26-48-47(40)50(43)34-24-25-44-41(29-34)37-16-2-4-21-42(37)49(44)33-14-8-12-31(28-33)30-11-7-13-32(27-30)35-18-9-19-39-38-17-3-6-23-45(38)51-46(35)39/h1-29H. The highest BCUT2D eigenvalue weighted by Gasteiger charge is 2.18. The average molecular weight is 652 g/mol. The Kier molecular flexibility index (Phi) is 5.92. The van der Waals surface area contributed by atoms with E-state index in [1.165, 1.54) is 21.7 Å². The van der Waals surface area contributed by atoms with E-state index in [0.717, 1.165) is 77.6 Å². The minimum Gasteiger partial charge on any atom is -0.455 e. The highest BCUT2D eigenvalue weighted by Crippen LogP contribution is 2.39. The number of para-hydroxylation sites is 4. The van der Waals surface area contributed by atoms with Crippen LogP contribution in [0.4, 0.5) is 0 Å². The van der Waals surface area contributed by atoms with Crippen LogP contribution < -0.4 is 0 Å². The second kappa shape index (κ2) is 10.8. The summed E-state index contributed by atoms with van der Waals surface area (Å²) in [4.78, 5) is 4.83. The minimum absolute atomic E-state index is 0.911. The highest BCUT2D eigenvalue weighted by molar-refractivity contribution is 6.12. The van der Waals surface area contributed by atoms with Crippen molar-refractivity contribution in [2.45, 2.75) is 0 Å². The third-order valence-electron chi connectivity index (χ3n) is 10.4. The second-order valence-electron chi connectivity index (χ2n) is 13.2. The zero-order valence-corrected chi connectivity index (χ0v) is 27.5. The lowest BCUT2D eigenvalue weighted by atomic mass is 9.97. The maximum absolute atomic E-state index is 6.40. The molecule has 0 saturated heterocycles. The van der Waals surface area contributed by atoms with Gasteiger partial charge in [-0.05, 0) is 83.4 Å². The first-order valence-electron chi connectivity index (χ1n) is 17.3. The van der Waals surface area contributed by atoms with Crippen LogP contribution in [0.5, 0.6) is 0 Å². The summed E-state index contributed by atoms with van der Waals surface area (Å²) in [5.41, 5.74) is 13.0. The van der Waals surface area contributed by atoms with Gasteiger partial charge in [0.05, 0.1) is 16.6 Å². The summed E-state index contributed by atoms with van der Waals surface area (Å²) in [6.07, 6.45) is 1.88. The van der Waals surface area contributed by atoms with Crippen LogP contribution in [-0.4, -0.2) is 14.1 Å². The summed E-state index contributed by atoms with van der Waals surface area (Å²) in [5, 5.41) is 7.07. The molecule has 0 amide bonds. The van der Waals surface area contributed by atoms with Gasteiger partial charge in [0, 0.05) is 55.5 Å². The van der Waals surface area contributed by atoms with Crippen LogP contribution in [0.15, 0.2) is 180 Å². The number of hydrogen-bond acceptors (Lipinski definition) is 2. The van der Waals surface area contributed by atoms with Crippen molar-refractivity contribution in [1.29, 1.82) is 0 Å². The van der Waals surface area contributed by atoms with Crippen LogP contribution in [0.1, 0.15) is 0 Å². The number of aromatic nitrogens is 3. The molecule has 238 valence electrons. The van der Waals surface area contributed by atoms with Crippen molar-refractivity contribution in [2.24, 2.45) is 0 Å². The van der Waals surface area contributed by atoms with E-state index < -0.39 is 0 Å². The quantitative estimate of drug-likeness (QED) is 0.190. The lowest BCUT2D eigenvalue weighted by molar-refractivity contribution is 0.670. The lowest BCUT2D eigenvalue weighted by Gasteiger charge is -2.12. The number of hydrogen-bond donors (Lipinski definition) is 0. The lowest BCUT2D eigenvalue weighted by Crippen LogP contribution is -1.97. The van der Waals surface area contributed by atoms with Crippen molar-refractivity contribution in [1.82, 2.24) is 14.1 Å². The molecule has 4 aromatic heterocycles. The first-order chi connectivity index (χ1) is 25.3. The minimum atomic E-state index is 0.911. The van der Waals surface area contributed by atoms with E-state index in [4.69, 9.17) is 9.40 Å². The van der Waals surface area contributed by atoms with E-state index in [9.17, 15) is 0 Å². The molecule has 0 aliphatic carbocycles. The van der Waals surface area contributed by atoms with Gasteiger partial charge in [-0.2, -0.15) is 0 Å². The van der Waals surface area contributed by atoms with Crippen LogP contribution >= 0.6 is 0 Å². The van der Waals surface area contributed by atoms with Gasteiger partial charge in [-0.15, -0.1) is 0 Å². The van der Waals surface area contributed by atoms with Gasteiger partial charge in [-0.3, -0.25) is 4.57 Å². The first kappa shape index (κ1) is 28.0. The van der Waals surface area contributed by atoms with E-state index in [1.807, 2.05) is 24.4 Å². The van der Waals surface area contributed by atoms with Gasteiger partial charge in [-0.1, -0.05) is 103 Å². The Morgan fingerprint density at radius 3 is 1.90 bits per heavy atom. The fraction of sp³-hybridized carbons (Fsp3) is 0. The molecule has 11 rings (SSSR count). The molecule has 0 saturated carbocycles. The highest BCUT2D eigenvalue weighted by atomic mass is 16.3. The van der Waals surface area contributed by atoms with Crippen LogP contribution in [0.3, 0.4) is 0 Å². The largest absolute Gasteiger partial charge is 0.455 e. The Bertz CT molecular complexity index is 3100. The Morgan fingerprint density at radius 2 is 1.02 bits per heavy atom. The maximum Gasteiger partial charge on any atom is 0.145 e. The smallest absolute Gasteiger partial charge is 0.145 e. The molecule has 11 aromatic rings. The van der Waals surface area contributed by atoms with E-state index in [0.29, 0.717) is 0 Å². The molecule has 0 aliphatic rings. The molecule has 0 spiro atoms. The Labute approximate surface area is 293 Å². The van der Waals surface area contributed by atoms with Gasteiger partial charge in [0.2, 0.25) is 0 Å². The average Bonchev–Trinajstić information content (AvgIpc) is 3.86. The van der Waals surface area contributed by atoms with Crippen molar-refractivity contribution in [2.75, 3.05) is 0 Å². The summed E-state index contributed by atoms with van der Waals surface area (Å²) in [6.45, 7) is 0. The van der Waals surface area contributed by atoms with Crippen molar-refractivity contribution < 1.29 is 4.42 Å². The Morgan fingerprint density at radius 1 is 0.392 bits per heavy atom. The predicted molar refractivity (Wildman–Crippen MR) is 211 cm³/mol. The van der Waals surface area contributed by atoms with Gasteiger partial charge >= 0.3 is 0 Å². The van der Waals surface area contributed by atoms with Crippen LogP contribution in [0.2, 0.25) is 0 Å². The molecule has 4 heteroatoms. The Hall–Kier alpha value is -6.91. The molecule has 51 heavy (non-hydrogen) atoms. The molecule has 4 heterocycles. The topological polar surface area (TPSA) is 35.9 Å². The van der Waals surface area contributed by atoms with Crippen molar-refractivity contribution >= 4 is 65.7 Å². The zero-order chi connectivity index (χ0) is 33.5. The summed E-state index contributed by atoms with van der Waals surface area (Å²) in [5.74, 6) is 0. The number of rotatable bonds is 4.